The van der Waals surface area contributed by atoms with E-state index in [-0.39, 0.29) is 5.54 Å². The molecule has 0 radical (unpaired) electrons. The van der Waals surface area contributed by atoms with Crippen LogP contribution in [0.5, 0.6) is 0 Å². The van der Waals surface area contributed by atoms with E-state index in [1.54, 1.807) is 0 Å². The van der Waals surface area contributed by atoms with Gasteiger partial charge in [0.25, 0.3) is 0 Å². The van der Waals surface area contributed by atoms with Crippen LogP contribution in [0.25, 0.3) is 0 Å². The van der Waals surface area contributed by atoms with Gasteiger partial charge in [-0.05, 0) is 44.1 Å². The zero-order chi connectivity index (χ0) is 12.3. The summed E-state index contributed by atoms with van der Waals surface area (Å²) in [5.41, 5.74) is 1.00. The molecule has 1 heteroatoms. The molecule has 0 spiro atoms. The third kappa shape index (κ3) is 5.01. The Kier molecular flexibility index (Phi) is 4.85. The van der Waals surface area contributed by atoms with Gasteiger partial charge in [-0.1, -0.05) is 41.5 Å². The Morgan fingerprint density at radius 1 is 0.800 bits per heavy atom. The van der Waals surface area contributed by atoms with E-state index in [1.807, 2.05) is 0 Å². The minimum atomic E-state index is 0.215. The molecule has 0 aliphatic heterocycles. The van der Waals surface area contributed by atoms with Crippen molar-refractivity contribution in [3.8, 4) is 0 Å². The van der Waals surface area contributed by atoms with Gasteiger partial charge in [-0.25, -0.2) is 0 Å². The highest BCUT2D eigenvalue weighted by atomic mass is 15.0. The lowest BCUT2D eigenvalue weighted by Gasteiger charge is -2.43. The van der Waals surface area contributed by atoms with E-state index in [2.05, 4.69) is 60.7 Å². The molecule has 0 rings (SSSR count). The van der Waals surface area contributed by atoms with Gasteiger partial charge in [0.2, 0.25) is 0 Å². The van der Waals surface area contributed by atoms with Crippen molar-refractivity contribution in [3.05, 3.63) is 0 Å². The molecule has 0 unspecified atom stereocenters. The molecule has 0 aromatic rings. The molecule has 0 fully saturated rings. The maximum absolute atomic E-state index is 3.60. The van der Waals surface area contributed by atoms with Crippen molar-refractivity contribution in [2.24, 2.45) is 10.8 Å². The van der Waals surface area contributed by atoms with Gasteiger partial charge in [-0.15, -0.1) is 0 Å². The van der Waals surface area contributed by atoms with Gasteiger partial charge in [-0.2, -0.15) is 0 Å². The third-order valence-electron chi connectivity index (χ3n) is 3.81. The molecule has 0 aromatic heterocycles. The van der Waals surface area contributed by atoms with E-state index >= 15 is 0 Å². The minimum Gasteiger partial charge on any atom is -0.312 e. The van der Waals surface area contributed by atoms with Crippen molar-refractivity contribution in [1.82, 2.24) is 5.32 Å². The lowest BCUT2D eigenvalue weighted by Crippen LogP contribution is -2.51. The summed E-state index contributed by atoms with van der Waals surface area (Å²) < 4.78 is 0. The Morgan fingerprint density at radius 2 is 1.27 bits per heavy atom. The van der Waals surface area contributed by atoms with E-state index < -0.39 is 0 Å². The Balaban J connectivity index is 4.40. The molecule has 0 amide bonds. The Labute approximate surface area is 97.0 Å². The molecule has 0 aliphatic rings. The molecule has 0 saturated carbocycles. The summed E-state index contributed by atoms with van der Waals surface area (Å²) >= 11 is 0. The fourth-order valence-corrected chi connectivity index (χ4v) is 1.68. The second-order valence-corrected chi connectivity index (χ2v) is 7.10. The molecule has 0 aliphatic carbocycles. The highest BCUT2D eigenvalue weighted by molar-refractivity contribution is 4.93. The molecular formula is C14H31N. The van der Waals surface area contributed by atoms with E-state index in [1.165, 1.54) is 12.8 Å². The predicted octanol–water partition coefficient (Wildman–Crippen LogP) is 4.23. The summed E-state index contributed by atoms with van der Waals surface area (Å²) in [5.74, 6) is 0. The Hall–Kier alpha value is -0.0400. The van der Waals surface area contributed by atoms with Gasteiger partial charge in [0.15, 0.2) is 0 Å². The van der Waals surface area contributed by atoms with E-state index in [9.17, 15) is 0 Å². The van der Waals surface area contributed by atoms with Crippen molar-refractivity contribution in [3.63, 3.8) is 0 Å². The lowest BCUT2D eigenvalue weighted by molar-refractivity contribution is 0.124. The van der Waals surface area contributed by atoms with Crippen molar-refractivity contribution < 1.29 is 0 Å². The van der Waals surface area contributed by atoms with Crippen LogP contribution in [0.3, 0.4) is 0 Å². The zero-order valence-corrected chi connectivity index (χ0v) is 12.1. The first-order chi connectivity index (χ1) is 6.52. The van der Waals surface area contributed by atoms with Gasteiger partial charge in [0, 0.05) is 5.54 Å². The summed E-state index contributed by atoms with van der Waals surface area (Å²) in [6.45, 7) is 19.6. The van der Waals surface area contributed by atoms with Crippen LogP contribution in [0.4, 0.5) is 0 Å². The summed E-state index contributed by atoms with van der Waals surface area (Å²) in [4.78, 5) is 0. The molecule has 92 valence electrons. The van der Waals surface area contributed by atoms with Crippen LogP contribution in [0, 0.1) is 10.8 Å². The van der Waals surface area contributed by atoms with E-state index in [0.29, 0.717) is 10.8 Å². The second kappa shape index (κ2) is 4.86. The third-order valence-corrected chi connectivity index (χ3v) is 3.81. The molecule has 0 bridgehead atoms. The van der Waals surface area contributed by atoms with Gasteiger partial charge >= 0.3 is 0 Å². The first-order valence-corrected chi connectivity index (χ1v) is 6.27. The van der Waals surface area contributed by atoms with Gasteiger partial charge < -0.3 is 5.32 Å². The summed E-state index contributed by atoms with van der Waals surface area (Å²) in [6, 6.07) is 0. The van der Waals surface area contributed by atoms with E-state index in [0.717, 1.165) is 6.54 Å². The van der Waals surface area contributed by atoms with Gasteiger partial charge in [-0.3, -0.25) is 0 Å². The van der Waals surface area contributed by atoms with E-state index in [4.69, 9.17) is 0 Å². The van der Waals surface area contributed by atoms with Crippen LogP contribution in [0.2, 0.25) is 0 Å². The topological polar surface area (TPSA) is 12.0 Å². The molecule has 0 heterocycles. The lowest BCUT2D eigenvalue weighted by atomic mass is 9.69. The summed E-state index contributed by atoms with van der Waals surface area (Å²) in [7, 11) is 0. The monoisotopic (exact) mass is 213 g/mol. The average molecular weight is 213 g/mol. The van der Waals surface area contributed by atoms with Crippen LogP contribution in [-0.2, 0) is 0 Å². The Morgan fingerprint density at radius 3 is 1.60 bits per heavy atom. The molecule has 0 atom stereocenters. The first kappa shape index (κ1) is 15.0. The first-order valence-electron chi connectivity index (χ1n) is 6.27. The average Bonchev–Trinajstić information content (AvgIpc) is 1.99. The Bertz CT molecular complexity index is 184. The quantitative estimate of drug-likeness (QED) is 0.721. The van der Waals surface area contributed by atoms with Gasteiger partial charge in [0.05, 0.1) is 0 Å². The van der Waals surface area contributed by atoms with Crippen LogP contribution < -0.4 is 5.32 Å². The fraction of sp³-hybridized carbons (Fsp3) is 1.00. The molecule has 1 nitrogen and oxygen atoms in total. The normalized spacial score (nSPS) is 14.4. The highest BCUT2D eigenvalue weighted by Gasteiger charge is 2.36. The zero-order valence-electron chi connectivity index (χ0n) is 12.1. The van der Waals surface area contributed by atoms with Crippen LogP contribution in [0.1, 0.15) is 68.2 Å². The standard InChI is InChI=1S/C14H31N/c1-9-15-14(7,8)13(5,6)11-10-12(2,3)4/h15H,9-11H2,1-8H3. The van der Waals surface area contributed by atoms with Crippen LogP contribution in [0.15, 0.2) is 0 Å². The van der Waals surface area contributed by atoms with Crippen molar-refractivity contribution in [1.29, 1.82) is 0 Å². The number of nitrogens with one attached hydrogen (secondary N) is 1. The smallest absolute Gasteiger partial charge is 0.0175 e. The van der Waals surface area contributed by atoms with Crippen molar-refractivity contribution >= 4 is 0 Å². The highest BCUT2D eigenvalue weighted by Crippen LogP contribution is 2.38. The second-order valence-electron chi connectivity index (χ2n) is 7.10. The number of hydrogen-bond acceptors (Lipinski definition) is 1. The summed E-state index contributed by atoms with van der Waals surface area (Å²) in [6.07, 6.45) is 2.56. The maximum Gasteiger partial charge on any atom is 0.0175 e. The fourth-order valence-electron chi connectivity index (χ4n) is 1.68. The molecular weight excluding hydrogens is 182 g/mol. The SMILES string of the molecule is CCNC(C)(C)C(C)(C)CCC(C)(C)C. The predicted molar refractivity (Wildman–Crippen MR) is 70.2 cm³/mol. The van der Waals surface area contributed by atoms with Crippen molar-refractivity contribution in [2.75, 3.05) is 6.54 Å². The molecule has 1 N–H and O–H groups in total. The number of hydrogen-bond donors (Lipinski definition) is 1. The van der Waals surface area contributed by atoms with Crippen molar-refractivity contribution in [2.45, 2.75) is 73.8 Å². The van der Waals surface area contributed by atoms with Crippen LogP contribution >= 0.6 is 0 Å². The van der Waals surface area contributed by atoms with Crippen LogP contribution in [-0.4, -0.2) is 12.1 Å². The summed E-state index contributed by atoms with van der Waals surface area (Å²) in [5, 5.41) is 3.60. The molecule has 15 heavy (non-hydrogen) atoms. The largest absolute Gasteiger partial charge is 0.312 e. The van der Waals surface area contributed by atoms with Gasteiger partial charge in [0.1, 0.15) is 0 Å². The number of rotatable bonds is 5. The minimum absolute atomic E-state index is 0.215. The molecule has 0 saturated heterocycles. The maximum atomic E-state index is 3.60. The molecule has 0 aromatic carbocycles.